The van der Waals surface area contributed by atoms with Crippen molar-refractivity contribution in [1.29, 1.82) is 0 Å². The molecule has 5 nitrogen and oxygen atoms in total. The molecule has 17 heavy (non-hydrogen) atoms. The summed E-state index contributed by atoms with van der Waals surface area (Å²) in [5.41, 5.74) is 0.419. The van der Waals surface area contributed by atoms with E-state index in [0.717, 1.165) is 18.1 Å². The molecule has 0 bridgehead atoms. The number of amides is 1. The zero-order chi connectivity index (χ0) is 12.3. The molecule has 1 amide bonds. The molecule has 1 fully saturated rings. The average molecular weight is 252 g/mol. The SMILES string of the molecule is CNc1cnc(C(=O)N2CCSCC2C)cn1. The van der Waals surface area contributed by atoms with Crippen LogP contribution in [-0.2, 0) is 0 Å². The van der Waals surface area contributed by atoms with Gasteiger partial charge in [-0.15, -0.1) is 0 Å². The first kappa shape index (κ1) is 12.2. The van der Waals surface area contributed by atoms with Gasteiger partial charge >= 0.3 is 0 Å². The zero-order valence-corrected chi connectivity index (χ0v) is 10.8. The lowest BCUT2D eigenvalue weighted by atomic mass is 10.2. The maximum atomic E-state index is 12.2. The summed E-state index contributed by atoms with van der Waals surface area (Å²) in [6.45, 7) is 2.86. The van der Waals surface area contributed by atoms with Crippen LogP contribution in [0.4, 0.5) is 5.82 Å². The van der Waals surface area contributed by atoms with Crippen LogP contribution >= 0.6 is 11.8 Å². The van der Waals surface area contributed by atoms with Gasteiger partial charge in [-0.1, -0.05) is 0 Å². The highest BCUT2D eigenvalue weighted by Crippen LogP contribution is 2.17. The van der Waals surface area contributed by atoms with Crippen molar-refractivity contribution >= 4 is 23.5 Å². The van der Waals surface area contributed by atoms with Crippen molar-refractivity contribution in [3.05, 3.63) is 18.1 Å². The largest absolute Gasteiger partial charge is 0.372 e. The Morgan fingerprint density at radius 1 is 1.53 bits per heavy atom. The fourth-order valence-electron chi connectivity index (χ4n) is 1.74. The van der Waals surface area contributed by atoms with Gasteiger partial charge in [-0.2, -0.15) is 11.8 Å². The predicted molar refractivity (Wildman–Crippen MR) is 69.4 cm³/mol. The smallest absolute Gasteiger partial charge is 0.274 e. The second kappa shape index (κ2) is 5.35. The number of hydrogen-bond acceptors (Lipinski definition) is 5. The normalized spacial score (nSPS) is 20.1. The molecule has 1 saturated heterocycles. The molecule has 2 heterocycles. The lowest BCUT2D eigenvalue weighted by Crippen LogP contribution is -2.44. The standard InChI is InChI=1S/C11H16N4OS/c1-8-7-17-4-3-15(8)11(16)9-5-14-10(12-2)6-13-9/h5-6,8H,3-4,7H2,1-2H3,(H,12,14). The van der Waals surface area contributed by atoms with Crippen molar-refractivity contribution in [3.8, 4) is 0 Å². The molecule has 1 N–H and O–H groups in total. The highest BCUT2D eigenvalue weighted by atomic mass is 32.2. The maximum absolute atomic E-state index is 12.2. The number of carbonyl (C=O) groups excluding carboxylic acids is 1. The summed E-state index contributed by atoms with van der Waals surface area (Å²) in [5, 5.41) is 2.88. The topological polar surface area (TPSA) is 58.1 Å². The molecule has 1 atom stereocenters. The molecule has 1 aromatic rings. The minimum Gasteiger partial charge on any atom is -0.372 e. The first-order valence-electron chi connectivity index (χ1n) is 5.61. The fraction of sp³-hybridized carbons (Fsp3) is 0.545. The number of carbonyl (C=O) groups is 1. The van der Waals surface area contributed by atoms with Gasteiger partial charge in [0.25, 0.3) is 5.91 Å². The predicted octanol–water partition coefficient (Wildman–Crippen LogP) is 1.10. The third-order valence-electron chi connectivity index (χ3n) is 2.76. The van der Waals surface area contributed by atoms with Crippen LogP contribution in [0.5, 0.6) is 0 Å². The van der Waals surface area contributed by atoms with E-state index < -0.39 is 0 Å². The minimum atomic E-state index is -0.0204. The summed E-state index contributed by atoms with van der Waals surface area (Å²) in [6, 6.07) is 0.270. The molecule has 1 aromatic heterocycles. The third kappa shape index (κ3) is 2.69. The molecule has 0 saturated carbocycles. The third-order valence-corrected chi connectivity index (χ3v) is 3.94. The van der Waals surface area contributed by atoms with E-state index in [2.05, 4.69) is 22.2 Å². The lowest BCUT2D eigenvalue weighted by Gasteiger charge is -2.32. The Kier molecular flexibility index (Phi) is 3.83. The Hall–Kier alpha value is -1.30. The molecule has 1 unspecified atom stereocenters. The van der Waals surface area contributed by atoms with Gasteiger partial charge in [-0.25, -0.2) is 9.97 Å². The first-order chi connectivity index (χ1) is 8.22. The summed E-state index contributed by atoms with van der Waals surface area (Å²) in [7, 11) is 1.77. The monoisotopic (exact) mass is 252 g/mol. The Balaban J connectivity index is 2.12. The lowest BCUT2D eigenvalue weighted by molar-refractivity contribution is 0.0709. The zero-order valence-electron chi connectivity index (χ0n) is 10.0. The van der Waals surface area contributed by atoms with Gasteiger partial charge in [-0.3, -0.25) is 4.79 Å². The van der Waals surface area contributed by atoms with E-state index in [0.29, 0.717) is 11.5 Å². The van der Waals surface area contributed by atoms with Crippen LogP contribution in [0.3, 0.4) is 0 Å². The molecule has 1 aliphatic heterocycles. The van der Waals surface area contributed by atoms with Crippen molar-refractivity contribution in [3.63, 3.8) is 0 Å². The van der Waals surface area contributed by atoms with Crippen molar-refractivity contribution in [2.75, 3.05) is 30.4 Å². The highest BCUT2D eigenvalue weighted by molar-refractivity contribution is 7.99. The van der Waals surface area contributed by atoms with Gasteiger partial charge in [0.15, 0.2) is 0 Å². The number of thioether (sulfide) groups is 1. The van der Waals surface area contributed by atoms with Gasteiger partial charge in [0.1, 0.15) is 11.5 Å². The summed E-state index contributed by atoms with van der Waals surface area (Å²) < 4.78 is 0. The van der Waals surface area contributed by atoms with Crippen LogP contribution in [0, 0.1) is 0 Å². The van der Waals surface area contributed by atoms with Crippen LogP contribution in [-0.4, -0.2) is 51.9 Å². The van der Waals surface area contributed by atoms with Crippen molar-refractivity contribution < 1.29 is 4.79 Å². The van der Waals surface area contributed by atoms with Gasteiger partial charge in [-0.05, 0) is 6.92 Å². The second-order valence-electron chi connectivity index (χ2n) is 3.96. The summed E-state index contributed by atoms with van der Waals surface area (Å²) >= 11 is 1.89. The Morgan fingerprint density at radius 3 is 2.94 bits per heavy atom. The quantitative estimate of drug-likeness (QED) is 0.854. The molecule has 0 aromatic carbocycles. The number of aromatic nitrogens is 2. The molecule has 0 radical (unpaired) electrons. The molecule has 92 valence electrons. The summed E-state index contributed by atoms with van der Waals surface area (Å²) in [5.74, 6) is 2.64. The number of hydrogen-bond donors (Lipinski definition) is 1. The van der Waals surface area contributed by atoms with Gasteiger partial charge in [0, 0.05) is 31.1 Å². The van der Waals surface area contributed by atoms with Crippen LogP contribution in [0.25, 0.3) is 0 Å². The Labute approximate surface area is 105 Å². The van der Waals surface area contributed by atoms with E-state index in [1.807, 2.05) is 16.7 Å². The number of anilines is 1. The fourth-order valence-corrected chi connectivity index (χ4v) is 2.76. The minimum absolute atomic E-state index is 0.0204. The summed E-state index contributed by atoms with van der Waals surface area (Å²) in [4.78, 5) is 22.3. The van der Waals surface area contributed by atoms with Gasteiger partial charge in [0.2, 0.25) is 0 Å². The number of nitrogens with zero attached hydrogens (tertiary/aromatic N) is 3. The van der Waals surface area contributed by atoms with Crippen LogP contribution < -0.4 is 5.32 Å². The van der Waals surface area contributed by atoms with E-state index in [1.165, 1.54) is 6.20 Å². The van der Waals surface area contributed by atoms with Crippen LogP contribution in [0.15, 0.2) is 12.4 Å². The van der Waals surface area contributed by atoms with E-state index in [4.69, 9.17) is 0 Å². The highest BCUT2D eigenvalue weighted by Gasteiger charge is 2.25. The van der Waals surface area contributed by atoms with E-state index in [1.54, 1.807) is 13.2 Å². The number of nitrogens with one attached hydrogen (secondary N) is 1. The molecule has 0 aliphatic carbocycles. The summed E-state index contributed by atoms with van der Waals surface area (Å²) in [6.07, 6.45) is 3.11. The molecular weight excluding hydrogens is 236 g/mol. The van der Waals surface area contributed by atoms with Crippen LogP contribution in [0.1, 0.15) is 17.4 Å². The number of rotatable bonds is 2. The molecule has 6 heteroatoms. The van der Waals surface area contributed by atoms with Crippen molar-refractivity contribution in [1.82, 2.24) is 14.9 Å². The molecule has 2 rings (SSSR count). The Morgan fingerprint density at radius 2 is 2.35 bits per heavy atom. The maximum Gasteiger partial charge on any atom is 0.274 e. The van der Waals surface area contributed by atoms with E-state index >= 15 is 0 Å². The Bertz CT molecular complexity index is 395. The van der Waals surface area contributed by atoms with Crippen LogP contribution in [0.2, 0.25) is 0 Å². The molecule has 0 spiro atoms. The molecule has 1 aliphatic rings. The molecular formula is C11H16N4OS. The van der Waals surface area contributed by atoms with Crippen molar-refractivity contribution in [2.45, 2.75) is 13.0 Å². The van der Waals surface area contributed by atoms with Crippen molar-refractivity contribution in [2.24, 2.45) is 0 Å². The van der Waals surface area contributed by atoms with E-state index in [-0.39, 0.29) is 11.9 Å². The van der Waals surface area contributed by atoms with Gasteiger partial charge < -0.3 is 10.2 Å². The van der Waals surface area contributed by atoms with E-state index in [9.17, 15) is 4.79 Å². The average Bonchev–Trinajstić information content (AvgIpc) is 2.39. The first-order valence-corrected chi connectivity index (χ1v) is 6.76. The van der Waals surface area contributed by atoms with Gasteiger partial charge in [0.05, 0.1) is 12.4 Å². The second-order valence-corrected chi connectivity index (χ2v) is 5.11.